The zero-order valence-corrected chi connectivity index (χ0v) is 22.4. The van der Waals surface area contributed by atoms with Gasteiger partial charge in [-0.1, -0.05) is 54.4 Å². The fourth-order valence-corrected chi connectivity index (χ4v) is 5.02. The third-order valence-corrected chi connectivity index (χ3v) is 7.25. The number of aromatic hydroxyl groups is 1. The average molecular weight is 574 g/mol. The molecule has 0 aliphatic rings. The molecule has 0 heterocycles. The SMILES string of the molecule is CCc1cc(S(=O)(=O)O)c(Cl)cc1N=Nc1c(O)c(C(=O)Nc2ccc(Cl)cc2OC)cc2ccccc12. The minimum Gasteiger partial charge on any atom is -0.505 e. The Morgan fingerprint density at radius 2 is 1.79 bits per heavy atom. The summed E-state index contributed by atoms with van der Waals surface area (Å²) in [6, 6.07) is 15.7. The molecule has 0 spiro atoms. The van der Waals surface area contributed by atoms with Crippen LogP contribution in [0.3, 0.4) is 0 Å². The van der Waals surface area contributed by atoms with Crippen molar-refractivity contribution in [2.75, 3.05) is 12.4 Å². The maximum Gasteiger partial charge on any atom is 0.296 e. The summed E-state index contributed by atoms with van der Waals surface area (Å²) >= 11 is 12.1. The summed E-state index contributed by atoms with van der Waals surface area (Å²) in [5, 5.41) is 23.6. The monoisotopic (exact) mass is 573 g/mol. The van der Waals surface area contributed by atoms with Crippen molar-refractivity contribution in [3.05, 3.63) is 81.8 Å². The number of halogens is 2. The number of fused-ring (bicyclic) bond motifs is 1. The van der Waals surface area contributed by atoms with Gasteiger partial charge in [-0.25, -0.2) is 0 Å². The fraction of sp³-hybridized carbons (Fsp3) is 0.115. The van der Waals surface area contributed by atoms with Gasteiger partial charge < -0.3 is 15.2 Å². The number of rotatable bonds is 7. The molecule has 9 nitrogen and oxygen atoms in total. The van der Waals surface area contributed by atoms with Crippen LogP contribution >= 0.6 is 23.2 Å². The Hall–Kier alpha value is -3.70. The van der Waals surface area contributed by atoms with Crippen molar-refractivity contribution in [1.82, 2.24) is 0 Å². The zero-order valence-electron chi connectivity index (χ0n) is 20.1. The highest BCUT2D eigenvalue weighted by Gasteiger charge is 2.21. The molecule has 0 aliphatic heterocycles. The number of azo groups is 1. The zero-order chi connectivity index (χ0) is 27.6. The van der Waals surface area contributed by atoms with Crippen molar-refractivity contribution in [3.63, 3.8) is 0 Å². The first-order valence-corrected chi connectivity index (χ1v) is 13.3. The molecule has 38 heavy (non-hydrogen) atoms. The van der Waals surface area contributed by atoms with Gasteiger partial charge in [0, 0.05) is 16.5 Å². The lowest BCUT2D eigenvalue weighted by atomic mass is 10.0. The smallest absolute Gasteiger partial charge is 0.296 e. The molecule has 1 amide bonds. The van der Waals surface area contributed by atoms with Crippen molar-refractivity contribution in [2.24, 2.45) is 10.2 Å². The van der Waals surface area contributed by atoms with Crippen molar-refractivity contribution in [3.8, 4) is 11.5 Å². The molecule has 0 fully saturated rings. The van der Waals surface area contributed by atoms with Crippen LogP contribution in [0.25, 0.3) is 10.8 Å². The van der Waals surface area contributed by atoms with Crippen LogP contribution in [0.15, 0.2) is 75.8 Å². The molecule has 0 radical (unpaired) electrons. The van der Waals surface area contributed by atoms with E-state index in [-0.39, 0.29) is 22.0 Å². The first kappa shape index (κ1) is 27.3. The second kappa shape index (κ2) is 11.0. The first-order valence-electron chi connectivity index (χ1n) is 11.1. The molecule has 4 aromatic rings. The highest BCUT2D eigenvalue weighted by atomic mass is 35.5. The van der Waals surface area contributed by atoms with Gasteiger partial charge in [0.1, 0.15) is 16.3 Å². The van der Waals surface area contributed by atoms with E-state index in [4.69, 9.17) is 27.9 Å². The lowest BCUT2D eigenvalue weighted by molar-refractivity contribution is 0.102. The molecule has 0 atom stereocenters. The van der Waals surface area contributed by atoms with Crippen LogP contribution in [0.5, 0.6) is 11.5 Å². The second-order valence-electron chi connectivity index (χ2n) is 8.08. The first-order chi connectivity index (χ1) is 18.0. The van der Waals surface area contributed by atoms with Gasteiger partial charge in [0.2, 0.25) is 0 Å². The number of nitrogens with one attached hydrogen (secondary N) is 1. The number of phenols is 1. The van der Waals surface area contributed by atoms with Crippen LogP contribution in [0, 0.1) is 0 Å². The number of carbonyl (C=O) groups is 1. The summed E-state index contributed by atoms with van der Waals surface area (Å²) in [7, 11) is -3.10. The lowest BCUT2D eigenvalue weighted by Gasteiger charge is -2.13. The van der Waals surface area contributed by atoms with Crippen LogP contribution in [-0.2, 0) is 16.5 Å². The summed E-state index contributed by atoms with van der Waals surface area (Å²) in [5.41, 5.74) is 0.977. The van der Waals surface area contributed by atoms with Crippen molar-refractivity contribution in [2.45, 2.75) is 18.2 Å². The number of hydrogen-bond acceptors (Lipinski definition) is 7. The molecule has 0 aromatic heterocycles. The minimum atomic E-state index is -4.54. The number of amides is 1. The number of ether oxygens (including phenoxy) is 1. The van der Waals surface area contributed by atoms with Crippen LogP contribution in [0.2, 0.25) is 10.0 Å². The fourth-order valence-electron chi connectivity index (χ4n) is 3.81. The minimum absolute atomic E-state index is 0.0216. The second-order valence-corrected chi connectivity index (χ2v) is 10.3. The quantitative estimate of drug-likeness (QED) is 0.156. The van der Waals surface area contributed by atoms with Gasteiger partial charge in [-0.3, -0.25) is 9.35 Å². The van der Waals surface area contributed by atoms with Crippen LogP contribution in [0.1, 0.15) is 22.8 Å². The van der Waals surface area contributed by atoms with Gasteiger partial charge >= 0.3 is 0 Å². The number of methoxy groups -OCH3 is 1. The van der Waals surface area contributed by atoms with Crippen LogP contribution in [-0.4, -0.2) is 31.1 Å². The van der Waals surface area contributed by atoms with E-state index in [2.05, 4.69) is 15.5 Å². The van der Waals surface area contributed by atoms with E-state index in [1.165, 1.54) is 25.3 Å². The molecule has 4 rings (SSSR count). The highest BCUT2D eigenvalue weighted by molar-refractivity contribution is 7.86. The van der Waals surface area contributed by atoms with Gasteiger partial charge in [0.05, 0.1) is 29.1 Å². The number of anilines is 1. The molecule has 196 valence electrons. The molecule has 4 aromatic carbocycles. The predicted molar refractivity (Wildman–Crippen MR) is 146 cm³/mol. The number of nitrogens with zero attached hydrogens (tertiary/aromatic N) is 2. The standard InChI is InChI=1S/C26H21Cl2N3O6S/c1-3-14-11-23(38(34,35)36)19(28)13-21(14)30-31-24-17-7-5-4-6-15(17)10-18(25(24)32)26(33)29-20-9-8-16(27)12-22(20)37-2/h4-13,32H,3H2,1-2H3,(H,29,33)(H,34,35,36). The van der Waals surface area contributed by atoms with Crippen molar-refractivity contribution >= 4 is 67.1 Å². The van der Waals surface area contributed by atoms with Gasteiger partial charge in [0.15, 0.2) is 5.75 Å². The summed E-state index contributed by atoms with van der Waals surface area (Å²) in [4.78, 5) is 12.8. The van der Waals surface area contributed by atoms with Crippen molar-refractivity contribution in [1.29, 1.82) is 0 Å². The largest absolute Gasteiger partial charge is 0.505 e. The van der Waals surface area contributed by atoms with Crippen molar-refractivity contribution < 1.29 is 27.6 Å². The van der Waals surface area contributed by atoms with E-state index in [1.807, 2.05) is 0 Å². The molecular formula is C26H21Cl2N3O6S. The maximum absolute atomic E-state index is 13.2. The number of aryl methyl sites for hydroxylation is 1. The van der Waals surface area contributed by atoms with E-state index in [1.54, 1.807) is 49.4 Å². The van der Waals surface area contributed by atoms with Crippen LogP contribution in [0.4, 0.5) is 17.1 Å². The van der Waals surface area contributed by atoms with E-state index in [0.717, 1.165) is 0 Å². The third kappa shape index (κ3) is 5.58. The lowest BCUT2D eigenvalue weighted by Crippen LogP contribution is -2.13. The average Bonchev–Trinajstić information content (AvgIpc) is 2.88. The number of phenolic OH excluding ortho intramolecular Hbond substituents is 1. The number of hydrogen-bond donors (Lipinski definition) is 3. The van der Waals surface area contributed by atoms with E-state index >= 15 is 0 Å². The Labute approximate surface area is 228 Å². The highest BCUT2D eigenvalue weighted by Crippen LogP contribution is 2.41. The van der Waals surface area contributed by atoms with Crippen LogP contribution < -0.4 is 10.1 Å². The topological polar surface area (TPSA) is 138 Å². The Morgan fingerprint density at radius 1 is 1.05 bits per heavy atom. The maximum atomic E-state index is 13.2. The Bertz CT molecular complexity index is 1710. The summed E-state index contributed by atoms with van der Waals surface area (Å²) in [6.45, 7) is 1.76. The van der Waals surface area contributed by atoms with Gasteiger partial charge in [-0.05, 0) is 47.7 Å². The Morgan fingerprint density at radius 3 is 2.47 bits per heavy atom. The normalized spacial score (nSPS) is 11.7. The molecular weight excluding hydrogens is 553 g/mol. The summed E-state index contributed by atoms with van der Waals surface area (Å²) in [5.74, 6) is -0.708. The predicted octanol–water partition coefficient (Wildman–Crippen LogP) is 7.34. The van der Waals surface area contributed by atoms with E-state index < -0.39 is 26.7 Å². The molecule has 3 N–H and O–H groups in total. The molecule has 0 bridgehead atoms. The summed E-state index contributed by atoms with van der Waals surface area (Å²) in [6.07, 6.45) is 0.353. The Balaban J connectivity index is 1.81. The van der Waals surface area contributed by atoms with E-state index in [0.29, 0.717) is 39.2 Å². The number of carbonyl (C=O) groups excluding carboxylic acids is 1. The summed E-state index contributed by atoms with van der Waals surface area (Å²) < 4.78 is 38.0. The molecule has 0 saturated carbocycles. The Kier molecular flexibility index (Phi) is 7.89. The molecule has 0 saturated heterocycles. The molecule has 0 aliphatic carbocycles. The molecule has 0 unspecified atom stereocenters. The molecule has 12 heteroatoms. The van der Waals surface area contributed by atoms with Gasteiger partial charge in [0.25, 0.3) is 16.0 Å². The van der Waals surface area contributed by atoms with E-state index in [9.17, 15) is 22.9 Å². The number of benzene rings is 4. The van der Waals surface area contributed by atoms with Gasteiger partial charge in [-0.15, -0.1) is 5.11 Å². The third-order valence-electron chi connectivity index (χ3n) is 5.70. The van der Waals surface area contributed by atoms with Gasteiger partial charge in [-0.2, -0.15) is 13.5 Å².